The Balaban J connectivity index is 1.46. The topological polar surface area (TPSA) is 48.0 Å². The molecule has 6 heteroatoms. The molecule has 0 unspecified atom stereocenters. The SMILES string of the molecule is CN1CCN(c2cccc3c2C[C@H](NC(=O)c2ccc(N(C)C)cc2)CO3)CC1. The van der Waals surface area contributed by atoms with Gasteiger partial charge in [-0.3, -0.25) is 4.79 Å². The quantitative estimate of drug-likeness (QED) is 0.862. The smallest absolute Gasteiger partial charge is 0.251 e. The Labute approximate surface area is 173 Å². The lowest BCUT2D eigenvalue weighted by atomic mass is 9.99. The van der Waals surface area contributed by atoms with Crippen LogP contribution in [0.3, 0.4) is 0 Å². The number of ether oxygens (including phenoxy) is 1. The van der Waals surface area contributed by atoms with Crippen LogP contribution in [0.4, 0.5) is 11.4 Å². The number of nitrogens with one attached hydrogen (secondary N) is 1. The van der Waals surface area contributed by atoms with Gasteiger partial charge in [0.05, 0.1) is 6.04 Å². The van der Waals surface area contributed by atoms with Crippen molar-refractivity contribution < 1.29 is 9.53 Å². The van der Waals surface area contributed by atoms with Crippen molar-refractivity contribution in [2.45, 2.75) is 12.5 Å². The van der Waals surface area contributed by atoms with E-state index in [0.29, 0.717) is 12.2 Å². The second-order valence-corrected chi connectivity index (χ2v) is 8.17. The van der Waals surface area contributed by atoms with Gasteiger partial charge in [0, 0.05) is 69.2 Å². The van der Waals surface area contributed by atoms with E-state index in [1.54, 1.807) is 0 Å². The molecule has 0 spiro atoms. The van der Waals surface area contributed by atoms with E-state index in [1.807, 2.05) is 49.3 Å². The molecule has 1 N–H and O–H groups in total. The summed E-state index contributed by atoms with van der Waals surface area (Å²) in [7, 11) is 6.14. The van der Waals surface area contributed by atoms with Gasteiger partial charge in [0.25, 0.3) is 5.91 Å². The van der Waals surface area contributed by atoms with Crippen molar-refractivity contribution in [1.29, 1.82) is 0 Å². The minimum absolute atomic E-state index is 0.0304. The molecule has 1 saturated heterocycles. The number of rotatable bonds is 4. The number of carbonyl (C=O) groups excluding carboxylic acids is 1. The van der Waals surface area contributed by atoms with Gasteiger partial charge in [0.2, 0.25) is 0 Å². The molecule has 2 aliphatic rings. The Morgan fingerprint density at radius 2 is 1.79 bits per heavy atom. The molecule has 1 amide bonds. The number of hydrogen-bond acceptors (Lipinski definition) is 5. The predicted octanol–water partition coefficient (Wildman–Crippen LogP) is 2.24. The Bertz CT molecular complexity index is 858. The molecule has 2 aromatic rings. The molecule has 1 atom stereocenters. The summed E-state index contributed by atoms with van der Waals surface area (Å²) in [5.41, 5.74) is 4.20. The normalized spacial score (nSPS) is 19.3. The van der Waals surface area contributed by atoms with Crippen LogP contribution in [0, 0.1) is 0 Å². The molecule has 0 bridgehead atoms. The maximum Gasteiger partial charge on any atom is 0.251 e. The van der Waals surface area contributed by atoms with Crippen molar-refractivity contribution in [3.05, 3.63) is 53.6 Å². The summed E-state index contributed by atoms with van der Waals surface area (Å²) in [6.45, 7) is 4.66. The van der Waals surface area contributed by atoms with E-state index >= 15 is 0 Å². The molecule has 4 rings (SSSR count). The summed E-state index contributed by atoms with van der Waals surface area (Å²) in [6, 6.07) is 13.9. The molecular weight excluding hydrogens is 364 g/mol. The molecule has 154 valence electrons. The van der Waals surface area contributed by atoms with Gasteiger partial charge in [-0.1, -0.05) is 6.07 Å². The van der Waals surface area contributed by atoms with Crippen molar-refractivity contribution in [1.82, 2.24) is 10.2 Å². The second-order valence-electron chi connectivity index (χ2n) is 8.17. The van der Waals surface area contributed by atoms with Gasteiger partial charge in [-0.05, 0) is 43.4 Å². The van der Waals surface area contributed by atoms with Crippen LogP contribution in [-0.4, -0.2) is 70.8 Å². The third-order valence-corrected chi connectivity index (χ3v) is 5.82. The highest BCUT2D eigenvalue weighted by molar-refractivity contribution is 5.94. The van der Waals surface area contributed by atoms with Crippen LogP contribution in [0.15, 0.2) is 42.5 Å². The lowest BCUT2D eigenvalue weighted by Crippen LogP contribution is -2.46. The minimum atomic E-state index is -0.0514. The summed E-state index contributed by atoms with van der Waals surface area (Å²) >= 11 is 0. The highest BCUT2D eigenvalue weighted by atomic mass is 16.5. The number of nitrogens with zero attached hydrogens (tertiary/aromatic N) is 3. The zero-order valence-corrected chi connectivity index (χ0v) is 17.5. The molecule has 0 aliphatic carbocycles. The summed E-state index contributed by atoms with van der Waals surface area (Å²) in [5.74, 6) is 0.895. The molecule has 0 radical (unpaired) electrons. The van der Waals surface area contributed by atoms with Crippen LogP contribution in [0.1, 0.15) is 15.9 Å². The standard InChI is InChI=1S/C23H30N4O2/c1-25(2)19-9-7-17(8-10-19)23(28)24-18-15-20-21(5-4-6-22(20)29-16-18)27-13-11-26(3)12-14-27/h4-10,18H,11-16H2,1-3H3,(H,24,28)/t18-/m0/s1. The Hall–Kier alpha value is -2.73. The molecule has 1 fully saturated rings. The van der Waals surface area contributed by atoms with E-state index in [2.05, 4.69) is 34.3 Å². The fourth-order valence-electron chi connectivity index (χ4n) is 4.01. The predicted molar refractivity (Wildman–Crippen MR) is 117 cm³/mol. The first-order chi connectivity index (χ1) is 14.0. The number of anilines is 2. The molecule has 0 saturated carbocycles. The Kier molecular flexibility index (Phi) is 5.62. The fraction of sp³-hybridized carbons (Fsp3) is 0.435. The van der Waals surface area contributed by atoms with Gasteiger partial charge in [-0.2, -0.15) is 0 Å². The van der Waals surface area contributed by atoms with Crippen molar-refractivity contribution in [2.24, 2.45) is 0 Å². The van der Waals surface area contributed by atoms with Gasteiger partial charge in [-0.25, -0.2) is 0 Å². The first kappa shape index (κ1) is 19.6. The molecule has 2 heterocycles. The number of carbonyl (C=O) groups is 1. The number of amides is 1. The van der Waals surface area contributed by atoms with Gasteiger partial charge < -0.3 is 24.8 Å². The van der Waals surface area contributed by atoms with Gasteiger partial charge in [-0.15, -0.1) is 0 Å². The molecule has 0 aromatic heterocycles. The maximum absolute atomic E-state index is 12.7. The minimum Gasteiger partial charge on any atom is -0.491 e. The monoisotopic (exact) mass is 394 g/mol. The van der Waals surface area contributed by atoms with Crippen LogP contribution in [0.5, 0.6) is 5.75 Å². The molecule has 29 heavy (non-hydrogen) atoms. The highest BCUT2D eigenvalue weighted by Gasteiger charge is 2.26. The zero-order valence-electron chi connectivity index (χ0n) is 17.5. The fourth-order valence-corrected chi connectivity index (χ4v) is 4.01. The third kappa shape index (κ3) is 4.32. The van der Waals surface area contributed by atoms with E-state index < -0.39 is 0 Å². The number of fused-ring (bicyclic) bond motifs is 1. The summed E-state index contributed by atoms with van der Waals surface area (Å²) in [6.07, 6.45) is 0.791. The van der Waals surface area contributed by atoms with Gasteiger partial charge in [0.15, 0.2) is 0 Å². The second kappa shape index (κ2) is 8.33. The first-order valence-electron chi connectivity index (χ1n) is 10.3. The third-order valence-electron chi connectivity index (χ3n) is 5.82. The summed E-state index contributed by atoms with van der Waals surface area (Å²) < 4.78 is 6.02. The van der Waals surface area contributed by atoms with E-state index in [4.69, 9.17) is 4.74 Å². The van der Waals surface area contributed by atoms with Crippen LogP contribution >= 0.6 is 0 Å². The van der Waals surface area contributed by atoms with E-state index in [1.165, 1.54) is 11.3 Å². The highest BCUT2D eigenvalue weighted by Crippen LogP contribution is 2.34. The van der Waals surface area contributed by atoms with Crippen molar-refractivity contribution >= 4 is 17.3 Å². The van der Waals surface area contributed by atoms with Gasteiger partial charge >= 0.3 is 0 Å². The van der Waals surface area contributed by atoms with E-state index in [-0.39, 0.29) is 11.9 Å². The first-order valence-corrected chi connectivity index (χ1v) is 10.3. The van der Waals surface area contributed by atoms with Crippen molar-refractivity contribution in [2.75, 3.05) is 63.7 Å². The average Bonchev–Trinajstić information content (AvgIpc) is 2.74. The van der Waals surface area contributed by atoms with E-state index in [0.717, 1.165) is 44.0 Å². The molecule has 2 aromatic carbocycles. The van der Waals surface area contributed by atoms with Crippen LogP contribution in [0.2, 0.25) is 0 Å². The number of hydrogen-bond donors (Lipinski definition) is 1. The Morgan fingerprint density at radius 3 is 2.48 bits per heavy atom. The number of likely N-dealkylation sites (N-methyl/N-ethyl adjacent to an activating group) is 1. The Morgan fingerprint density at radius 1 is 1.07 bits per heavy atom. The van der Waals surface area contributed by atoms with E-state index in [9.17, 15) is 4.79 Å². The number of benzene rings is 2. The van der Waals surface area contributed by atoms with Crippen LogP contribution in [0.25, 0.3) is 0 Å². The summed E-state index contributed by atoms with van der Waals surface area (Å²) in [5, 5.41) is 3.16. The lowest BCUT2D eigenvalue weighted by Gasteiger charge is -2.37. The lowest BCUT2D eigenvalue weighted by molar-refractivity contribution is 0.0915. The number of piperazine rings is 1. The van der Waals surface area contributed by atoms with Crippen molar-refractivity contribution in [3.8, 4) is 5.75 Å². The van der Waals surface area contributed by atoms with Crippen molar-refractivity contribution in [3.63, 3.8) is 0 Å². The van der Waals surface area contributed by atoms with Gasteiger partial charge in [0.1, 0.15) is 12.4 Å². The molecule has 6 nitrogen and oxygen atoms in total. The van der Waals surface area contributed by atoms with Crippen LogP contribution in [-0.2, 0) is 6.42 Å². The largest absolute Gasteiger partial charge is 0.491 e. The zero-order chi connectivity index (χ0) is 20.4. The molecular formula is C23H30N4O2. The molecule has 2 aliphatic heterocycles. The van der Waals surface area contributed by atoms with Crippen LogP contribution < -0.4 is 19.9 Å². The summed E-state index contributed by atoms with van der Waals surface area (Å²) in [4.78, 5) is 19.5. The average molecular weight is 395 g/mol. The maximum atomic E-state index is 12.7.